The lowest BCUT2D eigenvalue weighted by Crippen LogP contribution is -2.32. The van der Waals surface area contributed by atoms with Crippen molar-refractivity contribution >= 4 is 51.1 Å². The molecule has 0 heterocycles. The van der Waals surface area contributed by atoms with Crippen LogP contribution in [0.25, 0.3) is 0 Å². The second-order valence-corrected chi connectivity index (χ2v) is 7.18. The van der Waals surface area contributed by atoms with Gasteiger partial charge < -0.3 is 15.5 Å². The van der Waals surface area contributed by atoms with Gasteiger partial charge in [-0.15, -0.1) is 0 Å². The first-order chi connectivity index (χ1) is 8.81. The first kappa shape index (κ1) is 17.0. The number of hydrogen-bond acceptors (Lipinski definition) is 3. The van der Waals surface area contributed by atoms with E-state index in [-0.39, 0.29) is 23.8 Å². The molecule has 1 aromatic rings. The lowest BCUT2D eigenvalue weighted by atomic mass is 10.1. The highest BCUT2D eigenvalue weighted by molar-refractivity contribution is 14.1. The number of aliphatic hydroxyl groups excluding tert-OH is 1. The molecule has 0 radical (unpaired) electrons. The zero-order chi connectivity index (χ0) is 14.6. The van der Waals surface area contributed by atoms with Gasteiger partial charge in [-0.05, 0) is 69.7 Å². The van der Waals surface area contributed by atoms with Crippen LogP contribution in [0.1, 0.15) is 30.6 Å². The van der Waals surface area contributed by atoms with Crippen LogP contribution in [0.4, 0.5) is 0 Å². The van der Waals surface area contributed by atoms with Crippen LogP contribution in [0, 0.1) is 13.1 Å². The second-order valence-electron chi connectivity index (χ2n) is 4.78. The van der Waals surface area contributed by atoms with E-state index in [4.69, 9.17) is 0 Å². The number of phenols is 1. The third-order valence-electron chi connectivity index (χ3n) is 2.51. The molecule has 0 fully saturated rings. The highest BCUT2D eigenvalue weighted by Gasteiger charge is 2.16. The van der Waals surface area contributed by atoms with Crippen molar-refractivity contribution in [2.24, 2.45) is 5.92 Å². The minimum atomic E-state index is -0.562. The zero-order valence-corrected chi connectivity index (χ0v) is 15.1. The summed E-state index contributed by atoms with van der Waals surface area (Å²) < 4.78 is 1.52. The molecule has 6 heteroatoms. The van der Waals surface area contributed by atoms with Crippen molar-refractivity contribution in [2.45, 2.75) is 26.4 Å². The van der Waals surface area contributed by atoms with E-state index >= 15 is 0 Å². The van der Waals surface area contributed by atoms with E-state index in [1.54, 1.807) is 12.1 Å². The minimum absolute atomic E-state index is 0.0168. The molecule has 0 spiro atoms. The Morgan fingerprint density at radius 2 is 2.00 bits per heavy atom. The molecule has 1 amide bonds. The maximum Gasteiger partial charge on any atom is 0.255 e. The summed E-state index contributed by atoms with van der Waals surface area (Å²) in [6.45, 7) is 4.22. The Morgan fingerprint density at radius 3 is 2.58 bits per heavy atom. The summed E-state index contributed by atoms with van der Waals surface area (Å²) in [5, 5.41) is 22.2. The Morgan fingerprint density at radius 1 is 1.37 bits per heavy atom. The average Bonchev–Trinajstić information content (AvgIpc) is 2.29. The summed E-state index contributed by atoms with van der Waals surface area (Å²) >= 11 is 4.08. The van der Waals surface area contributed by atoms with E-state index in [1.807, 2.05) is 36.4 Å². The Balaban J connectivity index is 2.69. The summed E-state index contributed by atoms with van der Waals surface area (Å²) in [5.41, 5.74) is 0.244. The third kappa shape index (κ3) is 5.42. The van der Waals surface area contributed by atoms with Crippen molar-refractivity contribution < 1.29 is 15.0 Å². The van der Waals surface area contributed by atoms with Crippen LogP contribution in [-0.4, -0.2) is 28.8 Å². The Kier molecular flexibility index (Phi) is 6.81. The van der Waals surface area contributed by atoms with Gasteiger partial charge >= 0.3 is 0 Å². The number of phenolic OH excluding ortho intramolecular Hbond substituents is 1. The number of halogens is 2. The number of aromatic hydroxyl groups is 1. The van der Waals surface area contributed by atoms with Crippen LogP contribution < -0.4 is 5.32 Å². The Bertz CT molecular complexity index is 463. The second kappa shape index (κ2) is 7.63. The van der Waals surface area contributed by atoms with E-state index in [2.05, 4.69) is 27.9 Å². The Labute approximate surface area is 140 Å². The van der Waals surface area contributed by atoms with Crippen LogP contribution in [0.15, 0.2) is 12.1 Å². The maximum atomic E-state index is 12.0. The number of amides is 1. The monoisotopic (exact) mass is 489 g/mol. The number of nitrogens with one attached hydrogen (secondary N) is 1. The fraction of sp³-hybridized carbons (Fsp3) is 0.462. The summed E-state index contributed by atoms with van der Waals surface area (Å²) in [6.07, 6.45) is 0.0730. The van der Waals surface area contributed by atoms with Crippen molar-refractivity contribution in [3.05, 3.63) is 24.8 Å². The molecule has 0 saturated carbocycles. The first-order valence-electron chi connectivity index (χ1n) is 5.95. The molecule has 1 aromatic carbocycles. The van der Waals surface area contributed by atoms with Gasteiger partial charge in [0, 0.05) is 10.1 Å². The molecule has 0 bridgehead atoms. The number of rotatable bonds is 5. The molecule has 1 atom stereocenters. The van der Waals surface area contributed by atoms with Crippen LogP contribution in [-0.2, 0) is 0 Å². The van der Waals surface area contributed by atoms with Crippen LogP contribution in [0.3, 0.4) is 0 Å². The van der Waals surface area contributed by atoms with E-state index in [1.165, 1.54) is 0 Å². The van der Waals surface area contributed by atoms with Gasteiger partial charge in [0.2, 0.25) is 0 Å². The van der Waals surface area contributed by atoms with Gasteiger partial charge in [0.15, 0.2) is 0 Å². The standard InChI is InChI=1S/C13H17I2NO3/c1-7(2)3-9(17)6-16-13(19)10-4-8(14)5-11(15)12(10)18/h4-5,7,9,17-18H,3,6H2,1-2H3,(H,16,19). The summed E-state index contributed by atoms with van der Waals surface area (Å²) in [7, 11) is 0. The maximum absolute atomic E-state index is 12.0. The number of carbonyl (C=O) groups is 1. The zero-order valence-electron chi connectivity index (χ0n) is 10.8. The molecule has 3 N–H and O–H groups in total. The van der Waals surface area contributed by atoms with Gasteiger partial charge in [-0.3, -0.25) is 4.79 Å². The fourth-order valence-electron chi connectivity index (χ4n) is 1.67. The van der Waals surface area contributed by atoms with Crippen LogP contribution >= 0.6 is 45.2 Å². The molecule has 0 saturated heterocycles. The number of carbonyl (C=O) groups excluding carboxylic acids is 1. The van der Waals surface area contributed by atoms with Crippen molar-refractivity contribution in [3.63, 3.8) is 0 Å². The van der Waals surface area contributed by atoms with Gasteiger partial charge in [0.1, 0.15) is 5.75 Å². The normalized spacial score (nSPS) is 12.5. The van der Waals surface area contributed by atoms with Gasteiger partial charge in [-0.25, -0.2) is 0 Å². The number of benzene rings is 1. The van der Waals surface area contributed by atoms with Crippen molar-refractivity contribution in [2.75, 3.05) is 6.54 Å². The molecule has 4 nitrogen and oxygen atoms in total. The molecule has 1 unspecified atom stereocenters. The number of aliphatic hydroxyl groups is 1. The highest BCUT2D eigenvalue weighted by Crippen LogP contribution is 2.26. The van der Waals surface area contributed by atoms with Gasteiger partial charge in [-0.2, -0.15) is 0 Å². The summed E-state index contributed by atoms with van der Waals surface area (Å²) in [5.74, 6) is -0.00692. The van der Waals surface area contributed by atoms with Crippen LogP contribution in [0.2, 0.25) is 0 Å². The largest absolute Gasteiger partial charge is 0.506 e. The van der Waals surface area contributed by atoms with Gasteiger partial charge in [0.25, 0.3) is 5.91 Å². The van der Waals surface area contributed by atoms with Gasteiger partial charge in [0.05, 0.1) is 15.2 Å². The minimum Gasteiger partial charge on any atom is -0.506 e. The molecule has 0 aromatic heterocycles. The van der Waals surface area contributed by atoms with Crippen molar-refractivity contribution in [1.82, 2.24) is 5.32 Å². The molecule has 19 heavy (non-hydrogen) atoms. The number of hydrogen-bond donors (Lipinski definition) is 3. The van der Waals surface area contributed by atoms with Gasteiger partial charge in [-0.1, -0.05) is 13.8 Å². The lowest BCUT2D eigenvalue weighted by molar-refractivity contribution is 0.0897. The first-order valence-corrected chi connectivity index (χ1v) is 8.11. The summed E-state index contributed by atoms with van der Waals surface area (Å²) in [6, 6.07) is 3.42. The fourth-order valence-corrected chi connectivity index (χ4v) is 3.52. The van der Waals surface area contributed by atoms with E-state index < -0.39 is 6.10 Å². The van der Waals surface area contributed by atoms with E-state index in [9.17, 15) is 15.0 Å². The molecule has 0 aliphatic rings. The molecular formula is C13H17I2NO3. The molecule has 1 rings (SSSR count). The highest BCUT2D eigenvalue weighted by atomic mass is 127. The predicted octanol–water partition coefficient (Wildman–Crippen LogP) is 2.74. The average molecular weight is 489 g/mol. The Hall–Kier alpha value is -0.0900. The molecule has 0 aliphatic carbocycles. The van der Waals surface area contributed by atoms with Crippen molar-refractivity contribution in [3.8, 4) is 5.75 Å². The predicted molar refractivity (Wildman–Crippen MR) is 91.3 cm³/mol. The molecule has 0 aliphatic heterocycles. The SMILES string of the molecule is CC(C)CC(O)CNC(=O)c1cc(I)cc(I)c1O. The molecule has 106 valence electrons. The third-order valence-corrected chi connectivity index (χ3v) is 3.96. The smallest absolute Gasteiger partial charge is 0.255 e. The topological polar surface area (TPSA) is 69.6 Å². The van der Waals surface area contributed by atoms with Crippen LogP contribution in [0.5, 0.6) is 5.75 Å². The van der Waals surface area contributed by atoms with E-state index in [0.717, 1.165) is 3.57 Å². The van der Waals surface area contributed by atoms with E-state index in [0.29, 0.717) is 15.9 Å². The lowest BCUT2D eigenvalue weighted by Gasteiger charge is -2.14. The quantitative estimate of drug-likeness (QED) is 0.558. The molecular weight excluding hydrogens is 472 g/mol. The summed E-state index contributed by atoms with van der Waals surface area (Å²) in [4.78, 5) is 12.0. The van der Waals surface area contributed by atoms with Crippen molar-refractivity contribution in [1.29, 1.82) is 0 Å².